The monoisotopic (exact) mass is 401 g/mol. The van der Waals surface area contributed by atoms with Crippen molar-refractivity contribution >= 4 is 15.7 Å². The highest BCUT2D eigenvalue weighted by molar-refractivity contribution is 7.90. The molecule has 1 fully saturated rings. The highest BCUT2D eigenvalue weighted by Gasteiger charge is 2.32. The molecule has 0 unspecified atom stereocenters. The van der Waals surface area contributed by atoms with E-state index in [4.69, 9.17) is 0 Å². The van der Waals surface area contributed by atoms with E-state index in [1.807, 2.05) is 30.5 Å². The number of rotatable bonds is 6. The van der Waals surface area contributed by atoms with Crippen molar-refractivity contribution in [3.05, 3.63) is 48.7 Å². The van der Waals surface area contributed by atoms with Crippen LogP contribution in [0.3, 0.4) is 0 Å². The van der Waals surface area contributed by atoms with Crippen molar-refractivity contribution < 1.29 is 8.42 Å². The Morgan fingerprint density at radius 1 is 1.04 bits per heavy atom. The van der Waals surface area contributed by atoms with Crippen molar-refractivity contribution in [3.63, 3.8) is 0 Å². The van der Waals surface area contributed by atoms with E-state index in [2.05, 4.69) is 33.2 Å². The Balaban J connectivity index is 1.50. The number of hydrogen-bond donors (Lipinski definition) is 2. The molecule has 0 saturated heterocycles. The maximum atomic E-state index is 12.3. The first-order valence-electron chi connectivity index (χ1n) is 10.0. The maximum absolute atomic E-state index is 12.3. The van der Waals surface area contributed by atoms with Crippen molar-refractivity contribution in [3.8, 4) is 11.3 Å². The summed E-state index contributed by atoms with van der Waals surface area (Å²) in [5.41, 5.74) is 3.17. The summed E-state index contributed by atoms with van der Waals surface area (Å²) < 4.78 is 26.8. The van der Waals surface area contributed by atoms with Gasteiger partial charge in [0.15, 0.2) is 0 Å². The van der Waals surface area contributed by atoms with E-state index >= 15 is 0 Å². The van der Waals surface area contributed by atoms with Gasteiger partial charge in [-0.05, 0) is 76.6 Å². The van der Waals surface area contributed by atoms with Crippen LogP contribution in [0, 0.1) is 5.92 Å². The number of pyridine rings is 1. The molecular weight excluding hydrogens is 370 g/mol. The van der Waals surface area contributed by atoms with E-state index in [1.165, 1.54) is 0 Å². The number of anilines is 1. The lowest BCUT2D eigenvalue weighted by molar-refractivity contribution is 0.322. The third-order valence-electron chi connectivity index (χ3n) is 5.39. The molecule has 28 heavy (non-hydrogen) atoms. The number of sulfonamides is 1. The fraction of sp³-hybridized carbons (Fsp3) is 0.500. The van der Waals surface area contributed by atoms with Crippen LogP contribution in [0.4, 0.5) is 5.69 Å². The van der Waals surface area contributed by atoms with Gasteiger partial charge in [-0.1, -0.05) is 18.2 Å². The van der Waals surface area contributed by atoms with Crippen LogP contribution in [0.2, 0.25) is 0 Å². The lowest BCUT2D eigenvalue weighted by Gasteiger charge is -2.31. The van der Waals surface area contributed by atoms with E-state index in [0.717, 1.165) is 49.2 Å². The van der Waals surface area contributed by atoms with Crippen LogP contribution in [-0.2, 0) is 10.0 Å². The zero-order valence-electron chi connectivity index (χ0n) is 17.0. The average Bonchev–Trinajstić information content (AvgIpc) is 2.67. The molecule has 0 radical (unpaired) electrons. The number of nitrogens with zero attached hydrogens (tertiary/aromatic N) is 1. The largest absolute Gasteiger partial charge is 0.385 e. The van der Waals surface area contributed by atoms with E-state index in [-0.39, 0.29) is 6.04 Å². The highest BCUT2D eigenvalue weighted by atomic mass is 32.2. The van der Waals surface area contributed by atoms with Gasteiger partial charge in [-0.15, -0.1) is 0 Å². The molecule has 1 aromatic heterocycles. The number of benzene rings is 1. The Hall–Kier alpha value is -1.92. The molecule has 3 rings (SSSR count). The first-order chi connectivity index (χ1) is 13.2. The lowest BCUT2D eigenvalue weighted by Crippen LogP contribution is -2.46. The second-order valence-electron chi connectivity index (χ2n) is 8.63. The number of aromatic nitrogens is 1. The third-order valence-corrected chi connectivity index (χ3v) is 7.65. The zero-order chi connectivity index (χ0) is 20.2. The summed E-state index contributed by atoms with van der Waals surface area (Å²) in [6.07, 6.45) is 5.67. The van der Waals surface area contributed by atoms with Crippen molar-refractivity contribution in [1.29, 1.82) is 0 Å². The van der Waals surface area contributed by atoms with Gasteiger partial charge in [0.2, 0.25) is 10.0 Å². The Kier molecular flexibility index (Phi) is 6.40. The fourth-order valence-electron chi connectivity index (χ4n) is 3.46. The Morgan fingerprint density at radius 2 is 1.79 bits per heavy atom. The molecule has 1 heterocycles. The lowest BCUT2D eigenvalue weighted by atomic mass is 9.86. The van der Waals surface area contributed by atoms with Gasteiger partial charge in [0, 0.05) is 30.0 Å². The maximum Gasteiger partial charge on any atom is 0.216 e. The molecule has 0 amide bonds. The molecule has 0 aliphatic heterocycles. The van der Waals surface area contributed by atoms with Gasteiger partial charge in [-0.25, -0.2) is 13.1 Å². The van der Waals surface area contributed by atoms with Crippen molar-refractivity contribution in [1.82, 2.24) is 9.71 Å². The quantitative estimate of drug-likeness (QED) is 0.751. The van der Waals surface area contributed by atoms with Crippen LogP contribution in [0.25, 0.3) is 11.3 Å². The van der Waals surface area contributed by atoms with E-state index < -0.39 is 14.8 Å². The summed E-state index contributed by atoms with van der Waals surface area (Å²) in [6.45, 7) is 6.13. The smallest absolute Gasteiger partial charge is 0.216 e. The standard InChI is InChI=1S/C22H31N3O2S/c1-22(2,3)28(26,27)25-19-12-10-17(11-13-19)16-24-20-8-6-7-18(15-20)21-9-4-5-14-23-21/h4-9,14-15,17,19,24-25H,10-13,16H2,1-3H3/t17-,19-. The number of hydrogen-bond acceptors (Lipinski definition) is 4. The van der Waals surface area contributed by atoms with Crippen LogP contribution in [-0.4, -0.2) is 30.7 Å². The Bertz CT molecular complexity index is 868. The van der Waals surface area contributed by atoms with Gasteiger partial charge in [0.1, 0.15) is 0 Å². The second kappa shape index (κ2) is 8.62. The molecule has 0 atom stereocenters. The topological polar surface area (TPSA) is 71.1 Å². The van der Waals surface area contributed by atoms with Gasteiger partial charge in [0.25, 0.3) is 0 Å². The molecule has 6 heteroatoms. The normalized spacial score (nSPS) is 20.7. The Morgan fingerprint density at radius 3 is 2.43 bits per heavy atom. The van der Waals surface area contributed by atoms with E-state index in [9.17, 15) is 8.42 Å². The molecule has 5 nitrogen and oxygen atoms in total. The summed E-state index contributed by atoms with van der Waals surface area (Å²) in [5, 5.41) is 3.55. The molecule has 1 aliphatic carbocycles. The summed E-state index contributed by atoms with van der Waals surface area (Å²) in [4.78, 5) is 4.41. The van der Waals surface area contributed by atoms with Gasteiger partial charge in [0.05, 0.1) is 10.4 Å². The van der Waals surface area contributed by atoms with Crippen molar-refractivity contribution in [2.75, 3.05) is 11.9 Å². The minimum atomic E-state index is -3.27. The summed E-state index contributed by atoms with van der Waals surface area (Å²) in [6, 6.07) is 14.3. The van der Waals surface area contributed by atoms with Gasteiger partial charge in [-0.3, -0.25) is 4.98 Å². The van der Waals surface area contributed by atoms with Gasteiger partial charge < -0.3 is 5.32 Å². The molecule has 1 aromatic carbocycles. The molecule has 1 aliphatic rings. The van der Waals surface area contributed by atoms with Crippen LogP contribution in [0.15, 0.2) is 48.7 Å². The average molecular weight is 402 g/mol. The summed E-state index contributed by atoms with van der Waals surface area (Å²) >= 11 is 0. The first kappa shape index (κ1) is 20.8. The number of nitrogens with one attached hydrogen (secondary N) is 2. The van der Waals surface area contributed by atoms with Gasteiger partial charge >= 0.3 is 0 Å². The predicted molar refractivity (Wildman–Crippen MR) is 116 cm³/mol. The van der Waals surface area contributed by atoms with Crippen LogP contribution >= 0.6 is 0 Å². The molecule has 152 valence electrons. The first-order valence-corrected chi connectivity index (χ1v) is 11.5. The third kappa shape index (κ3) is 5.32. The van der Waals surface area contributed by atoms with Crippen LogP contribution in [0.5, 0.6) is 0 Å². The fourth-order valence-corrected chi connectivity index (χ4v) is 4.49. The van der Waals surface area contributed by atoms with Crippen molar-refractivity contribution in [2.24, 2.45) is 5.92 Å². The molecule has 0 spiro atoms. The molecule has 1 saturated carbocycles. The van der Waals surface area contributed by atoms with Crippen molar-refractivity contribution in [2.45, 2.75) is 57.2 Å². The molecule has 2 N–H and O–H groups in total. The SMILES string of the molecule is CC(C)(C)S(=O)(=O)N[C@H]1CC[C@H](CNc2cccc(-c3ccccn3)c2)CC1. The Labute approximate surface area is 169 Å². The van der Waals surface area contributed by atoms with Crippen LogP contribution < -0.4 is 10.0 Å². The zero-order valence-corrected chi connectivity index (χ0v) is 17.8. The predicted octanol–water partition coefficient (Wildman–Crippen LogP) is 4.44. The second-order valence-corrected chi connectivity index (χ2v) is 11.1. The summed E-state index contributed by atoms with van der Waals surface area (Å²) in [7, 11) is -3.27. The highest BCUT2D eigenvalue weighted by Crippen LogP contribution is 2.27. The van der Waals surface area contributed by atoms with Crippen LogP contribution in [0.1, 0.15) is 46.5 Å². The molecule has 0 bridgehead atoms. The minimum absolute atomic E-state index is 0.0629. The minimum Gasteiger partial charge on any atom is -0.385 e. The van der Waals surface area contributed by atoms with E-state index in [1.54, 1.807) is 20.8 Å². The summed E-state index contributed by atoms with van der Waals surface area (Å²) in [5.74, 6) is 0.564. The molecule has 2 aromatic rings. The molecular formula is C22H31N3O2S. The van der Waals surface area contributed by atoms with E-state index in [0.29, 0.717) is 5.92 Å². The van der Waals surface area contributed by atoms with Gasteiger partial charge in [-0.2, -0.15) is 0 Å².